The molecule has 0 aliphatic carbocycles. The van der Waals surface area contributed by atoms with E-state index in [9.17, 15) is 9.59 Å². The lowest BCUT2D eigenvalue weighted by Crippen LogP contribution is -2.37. The van der Waals surface area contributed by atoms with E-state index >= 15 is 0 Å². The molecule has 1 aromatic rings. The number of nitrogens with zero attached hydrogens (tertiary/aromatic N) is 1. The molecule has 0 atom stereocenters. The lowest BCUT2D eigenvalue weighted by Gasteiger charge is -1.96. The van der Waals surface area contributed by atoms with Gasteiger partial charge in [-0.1, -0.05) is 0 Å². The van der Waals surface area contributed by atoms with Crippen molar-refractivity contribution < 1.29 is 19.6 Å². The minimum absolute atomic E-state index is 0.107. The highest BCUT2D eigenvalue weighted by molar-refractivity contribution is 5.66. The van der Waals surface area contributed by atoms with E-state index in [4.69, 9.17) is 10.2 Å². The van der Waals surface area contributed by atoms with E-state index in [0.29, 0.717) is 0 Å². The van der Waals surface area contributed by atoms with Crippen LogP contribution >= 0.6 is 0 Å². The van der Waals surface area contributed by atoms with Gasteiger partial charge in [0.2, 0.25) is 0 Å². The summed E-state index contributed by atoms with van der Waals surface area (Å²) in [6, 6.07) is 0.871. The third-order valence-electron chi connectivity index (χ3n) is 1.48. The summed E-state index contributed by atoms with van der Waals surface area (Å²) in [6.07, 6.45) is 1.22. The van der Waals surface area contributed by atoms with Crippen LogP contribution in [-0.2, 0) is 11.3 Å². The Morgan fingerprint density at radius 1 is 1.62 bits per heavy atom. The van der Waals surface area contributed by atoms with Crippen molar-refractivity contribution in [1.82, 2.24) is 4.98 Å². The van der Waals surface area contributed by atoms with Gasteiger partial charge in [-0.25, -0.2) is 9.36 Å². The van der Waals surface area contributed by atoms with Crippen LogP contribution in [0.4, 0.5) is 0 Å². The zero-order chi connectivity index (χ0) is 9.84. The molecule has 0 saturated heterocycles. The van der Waals surface area contributed by atoms with Gasteiger partial charge in [-0.05, 0) is 0 Å². The number of aryl methyl sites for hydroxylation is 1. The number of aromatic nitrogens is 2. The van der Waals surface area contributed by atoms with Crippen molar-refractivity contribution in [3.63, 3.8) is 0 Å². The molecule has 0 aliphatic heterocycles. The molecule has 70 valence electrons. The minimum atomic E-state index is -0.960. The van der Waals surface area contributed by atoms with Gasteiger partial charge < -0.3 is 10.2 Å². The van der Waals surface area contributed by atoms with Gasteiger partial charge >= 0.3 is 17.5 Å². The number of aliphatic carboxylic acids is 1. The maximum absolute atomic E-state index is 10.6. The summed E-state index contributed by atoms with van der Waals surface area (Å²) in [5.41, 5.74) is -0.427. The zero-order valence-electron chi connectivity index (χ0n) is 6.73. The third-order valence-corrected chi connectivity index (χ3v) is 1.48. The molecular weight excluding hydrogens is 176 g/mol. The van der Waals surface area contributed by atoms with Crippen molar-refractivity contribution in [3.05, 3.63) is 22.6 Å². The molecule has 6 nitrogen and oxygen atoms in total. The minimum Gasteiger partial charge on any atom is -0.481 e. The number of nitrogens with one attached hydrogen (secondary N) is 1. The number of hydrogen-bond acceptors (Lipinski definition) is 3. The third kappa shape index (κ3) is 2.58. The van der Waals surface area contributed by atoms with Gasteiger partial charge in [0.05, 0.1) is 12.5 Å². The van der Waals surface area contributed by atoms with Crippen LogP contribution in [0.2, 0.25) is 0 Å². The topological polar surface area (TPSA) is 94.3 Å². The van der Waals surface area contributed by atoms with Crippen molar-refractivity contribution in [2.75, 3.05) is 0 Å². The summed E-state index contributed by atoms with van der Waals surface area (Å²) >= 11 is 0. The van der Waals surface area contributed by atoms with Crippen LogP contribution in [0.15, 0.2) is 17.1 Å². The highest BCUT2D eigenvalue weighted by Crippen LogP contribution is 1.89. The Labute approximate surface area is 73.1 Å². The van der Waals surface area contributed by atoms with Gasteiger partial charge in [-0.2, -0.15) is 4.98 Å². The highest BCUT2D eigenvalue weighted by Gasteiger charge is 2.09. The molecule has 0 radical (unpaired) electrons. The van der Waals surface area contributed by atoms with Crippen LogP contribution in [-0.4, -0.2) is 21.2 Å². The van der Waals surface area contributed by atoms with E-state index in [-0.39, 0.29) is 19.0 Å². The Bertz CT molecular complexity index is 371. The Balaban J connectivity index is 2.78. The molecule has 0 unspecified atom stereocenters. The van der Waals surface area contributed by atoms with Crippen LogP contribution < -0.4 is 10.1 Å². The molecule has 1 aromatic heterocycles. The molecule has 3 N–H and O–H groups in total. The number of H-pyrrole nitrogens is 1. The lowest BCUT2D eigenvalue weighted by molar-refractivity contribution is -0.704. The molecule has 0 aliphatic rings. The second kappa shape index (κ2) is 3.70. The van der Waals surface area contributed by atoms with Crippen LogP contribution in [0.1, 0.15) is 6.42 Å². The van der Waals surface area contributed by atoms with Crippen LogP contribution in [0.3, 0.4) is 0 Å². The van der Waals surface area contributed by atoms with E-state index in [1.54, 1.807) is 0 Å². The first-order valence-electron chi connectivity index (χ1n) is 3.63. The largest absolute Gasteiger partial charge is 0.481 e. The standard InChI is InChI=1S/C7H8N2O4/c10-5-1-3-9(7(13)8-5)4-2-6(11)12/h1,3H,2,4H2,(H2,8,10,11,12,13)/p+1. The molecule has 0 fully saturated rings. The molecular formula is C7H9N2O4+. The fraction of sp³-hybridized carbons (Fsp3) is 0.286. The second-order valence-corrected chi connectivity index (χ2v) is 2.47. The number of rotatable bonds is 3. The number of carboxylic acid groups (broad SMARTS) is 1. The maximum Gasteiger partial charge on any atom is 0.454 e. The van der Waals surface area contributed by atoms with Crippen molar-refractivity contribution in [2.24, 2.45) is 0 Å². The van der Waals surface area contributed by atoms with E-state index in [1.165, 1.54) is 16.8 Å². The normalized spacial score (nSPS) is 9.85. The van der Waals surface area contributed by atoms with Gasteiger partial charge in [0.15, 0.2) is 0 Å². The average Bonchev–Trinajstić information content (AvgIpc) is 2.02. The number of aromatic amines is 1. The Hall–Kier alpha value is -1.85. The fourth-order valence-corrected chi connectivity index (χ4v) is 0.848. The van der Waals surface area contributed by atoms with Gasteiger partial charge in [-0.3, -0.25) is 4.79 Å². The van der Waals surface area contributed by atoms with Crippen LogP contribution in [0, 0.1) is 0 Å². The van der Waals surface area contributed by atoms with Crippen molar-refractivity contribution in [1.29, 1.82) is 0 Å². The van der Waals surface area contributed by atoms with Crippen LogP contribution in [0.5, 0.6) is 6.01 Å². The zero-order valence-corrected chi connectivity index (χ0v) is 6.73. The van der Waals surface area contributed by atoms with Gasteiger partial charge in [0.1, 0.15) is 12.7 Å². The summed E-state index contributed by atoms with van der Waals surface area (Å²) in [7, 11) is 0. The molecule has 0 bridgehead atoms. The van der Waals surface area contributed by atoms with E-state index in [1.807, 2.05) is 0 Å². The predicted molar refractivity (Wildman–Crippen MR) is 41.2 cm³/mol. The molecule has 0 amide bonds. The first-order chi connectivity index (χ1) is 6.09. The monoisotopic (exact) mass is 185 g/mol. The Morgan fingerprint density at radius 2 is 2.31 bits per heavy atom. The lowest BCUT2D eigenvalue weighted by atomic mass is 10.4. The molecule has 0 spiro atoms. The first-order valence-corrected chi connectivity index (χ1v) is 3.63. The molecule has 1 rings (SSSR count). The smallest absolute Gasteiger partial charge is 0.454 e. The predicted octanol–water partition coefficient (Wildman–Crippen LogP) is -1.16. The van der Waals surface area contributed by atoms with Crippen molar-refractivity contribution in [3.8, 4) is 6.01 Å². The first kappa shape index (κ1) is 9.24. The molecule has 1 heterocycles. The number of aromatic hydroxyl groups is 1. The van der Waals surface area contributed by atoms with Crippen molar-refractivity contribution in [2.45, 2.75) is 13.0 Å². The summed E-state index contributed by atoms with van der Waals surface area (Å²) in [6.45, 7) is 0.123. The number of hydrogen-bond donors (Lipinski definition) is 3. The van der Waals surface area contributed by atoms with E-state index in [2.05, 4.69) is 4.98 Å². The quantitative estimate of drug-likeness (QED) is 0.518. The summed E-state index contributed by atoms with van der Waals surface area (Å²) in [5.74, 6) is -0.960. The Kier molecular flexibility index (Phi) is 2.63. The maximum atomic E-state index is 10.6. The van der Waals surface area contributed by atoms with Gasteiger partial charge in [0, 0.05) is 0 Å². The summed E-state index contributed by atoms with van der Waals surface area (Å²) in [5, 5.41) is 17.5. The number of carbonyl (C=O) groups is 1. The highest BCUT2D eigenvalue weighted by atomic mass is 16.4. The molecule has 13 heavy (non-hydrogen) atoms. The second-order valence-electron chi connectivity index (χ2n) is 2.47. The average molecular weight is 185 g/mol. The van der Waals surface area contributed by atoms with E-state index < -0.39 is 11.5 Å². The summed E-state index contributed by atoms with van der Waals surface area (Å²) in [4.78, 5) is 23.0. The molecule has 0 aromatic carbocycles. The number of carboxylic acids is 1. The molecule has 0 saturated carbocycles. The summed E-state index contributed by atoms with van der Waals surface area (Å²) < 4.78 is 1.25. The van der Waals surface area contributed by atoms with E-state index in [0.717, 1.165) is 0 Å². The molecule has 6 heteroatoms. The SMILES string of the molecule is O=C(O)CC[n+]1ccc(=O)[nH]c1O. The van der Waals surface area contributed by atoms with Gasteiger partial charge in [0.25, 0.3) is 0 Å². The van der Waals surface area contributed by atoms with Crippen molar-refractivity contribution >= 4 is 5.97 Å². The Morgan fingerprint density at radius 3 is 2.85 bits per heavy atom. The van der Waals surface area contributed by atoms with Gasteiger partial charge in [-0.15, -0.1) is 0 Å². The van der Waals surface area contributed by atoms with Crippen LogP contribution in [0.25, 0.3) is 0 Å². The fourth-order valence-electron chi connectivity index (χ4n) is 0.848.